The summed E-state index contributed by atoms with van der Waals surface area (Å²) in [5.41, 5.74) is 0.301. The van der Waals surface area contributed by atoms with Gasteiger partial charge in [-0.15, -0.1) is 0 Å². The van der Waals surface area contributed by atoms with E-state index in [-0.39, 0.29) is 12.3 Å². The van der Waals surface area contributed by atoms with Crippen LogP contribution in [0.3, 0.4) is 0 Å². The second-order valence-corrected chi connectivity index (χ2v) is 6.10. The molecule has 0 aromatic heterocycles. The number of carbonyl (C=O) groups excluding carboxylic acids is 2. The third-order valence-electron chi connectivity index (χ3n) is 2.77. The van der Waals surface area contributed by atoms with Crippen LogP contribution in [-0.4, -0.2) is 36.6 Å². The quantitative estimate of drug-likeness (QED) is 0.928. The van der Waals surface area contributed by atoms with E-state index in [2.05, 4.69) is 5.32 Å². The zero-order valence-electron chi connectivity index (χ0n) is 13.3. The number of benzene rings is 1. The molecule has 1 aromatic rings. The van der Waals surface area contributed by atoms with Crippen LogP contribution in [0.15, 0.2) is 30.3 Å². The maximum Gasteiger partial charge on any atom is 0.408 e. The third kappa shape index (κ3) is 6.29. The van der Waals surface area contributed by atoms with E-state index >= 15 is 0 Å². The van der Waals surface area contributed by atoms with Crippen molar-refractivity contribution in [2.24, 2.45) is 0 Å². The van der Waals surface area contributed by atoms with E-state index in [0.29, 0.717) is 0 Å². The molecule has 1 atom stereocenters. The first-order chi connectivity index (χ1) is 9.69. The lowest BCUT2D eigenvalue weighted by atomic mass is 10.0. The van der Waals surface area contributed by atoms with Gasteiger partial charge in [0.05, 0.1) is 12.5 Å². The zero-order chi connectivity index (χ0) is 16.0. The van der Waals surface area contributed by atoms with Gasteiger partial charge in [-0.3, -0.25) is 4.79 Å². The van der Waals surface area contributed by atoms with E-state index in [9.17, 15) is 9.59 Å². The Morgan fingerprint density at radius 3 is 2.24 bits per heavy atom. The van der Waals surface area contributed by atoms with Gasteiger partial charge in [-0.05, 0) is 26.3 Å². The minimum Gasteiger partial charge on any atom is -0.444 e. The summed E-state index contributed by atoms with van der Waals surface area (Å²) >= 11 is 0. The summed E-state index contributed by atoms with van der Waals surface area (Å²) in [6.07, 6.45) is -0.334. The first kappa shape index (κ1) is 17.0. The van der Waals surface area contributed by atoms with Crippen LogP contribution in [0.2, 0.25) is 0 Å². The molecule has 1 aromatic carbocycles. The van der Waals surface area contributed by atoms with Crippen LogP contribution in [0.25, 0.3) is 0 Å². The minimum absolute atomic E-state index is 0.0556. The Balaban J connectivity index is 2.83. The number of amides is 2. The Hall–Kier alpha value is -2.04. The molecule has 0 spiro atoms. The Bertz CT molecular complexity index is 478. The van der Waals surface area contributed by atoms with Crippen LogP contribution in [0.1, 0.15) is 38.8 Å². The normalized spacial score (nSPS) is 12.4. The third-order valence-corrected chi connectivity index (χ3v) is 2.77. The van der Waals surface area contributed by atoms with E-state index in [1.807, 2.05) is 30.3 Å². The predicted octanol–water partition coefficient (Wildman–Crippen LogP) is 2.73. The molecule has 0 heterocycles. The molecule has 116 valence electrons. The molecule has 1 rings (SSSR count). The van der Waals surface area contributed by atoms with Gasteiger partial charge >= 0.3 is 6.09 Å². The average molecular weight is 292 g/mol. The Labute approximate surface area is 126 Å². The molecule has 0 saturated heterocycles. The number of nitrogens with one attached hydrogen (secondary N) is 1. The van der Waals surface area contributed by atoms with E-state index in [1.165, 1.54) is 4.90 Å². The summed E-state index contributed by atoms with van der Waals surface area (Å²) < 4.78 is 5.26. The van der Waals surface area contributed by atoms with Crippen LogP contribution < -0.4 is 5.32 Å². The number of rotatable bonds is 4. The van der Waals surface area contributed by atoms with Crippen LogP contribution in [0, 0.1) is 0 Å². The second kappa shape index (κ2) is 7.11. The molecule has 0 saturated carbocycles. The number of carbonyl (C=O) groups is 2. The van der Waals surface area contributed by atoms with E-state index in [0.717, 1.165) is 5.56 Å². The van der Waals surface area contributed by atoms with E-state index in [1.54, 1.807) is 34.9 Å². The van der Waals surface area contributed by atoms with Crippen molar-refractivity contribution < 1.29 is 14.3 Å². The molecule has 2 amide bonds. The molecular weight excluding hydrogens is 268 g/mol. The molecule has 0 bridgehead atoms. The second-order valence-electron chi connectivity index (χ2n) is 6.10. The summed E-state index contributed by atoms with van der Waals surface area (Å²) in [7, 11) is 3.38. The Morgan fingerprint density at radius 2 is 1.76 bits per heavy atom. The maximum absolute atomic E-state index is 11.9. The van der Waals surface area contributed by atoms with Gasteiger partial charge in [-0.25, -0.2) is 4.79 Å². The van der Waals surface area contributed by atoms with Crippen LogP contribution >= 0.6 is 0 Å². The van der Waals surface area contributed by atoms with Gasteiger partial charge in [0.1, 0.15) is 5.60 Å². The van der Waals surface area contributed by atoms with Crippen molar-refractivity contribution >= 4 is 12.0 Å². The highest BCUT2D eigenvalue weighted by Crippen LogP contribution is 2.18. The smallest absolute Gasteiger partial charge is 0.408 e. The van der Waals surface area contributed by atoms with Crippen molar-refractivity contribution in [3.63, 3.8) is 0 Å². The standard InChI is InChI=1S/C16H24N2O3/c1-16(2,3)21-15(20)17-13(11-14(19)18(4)5)12-9-7-6-8-10-12/h6-10,13H,11H2,1-5H3,(H,17,20). The Kier molecular flexibility index (Phi) is 5.76. The van der Waals surface area contributed by atoms with Gasteiger partial charge in [0.25, 0.3) is 0 Å². The molecule has 5 nitrogen and oxygen atoms in total. The summed E-state index contributed by atoms with van der Waals surface area (Å²) in [4.78, 5) is 25.4. The topological polar surface area (TPSA) is 58.6 Å². The van der Waals surface area contributed by atoms with Crippen molar-refractivity contribution in [2.75, 3.05) is 14.1 Å². The first-order valence-corrected chi connectivity index (χ1v) is 6.93. The van der Waals surface area contributed by atoms with Gasteiger partial charge < -0.3 is 15.0 Å². The van der Waals surface area contributed by atoms with Crippen molar-refractivity contribution in [1.29, 1.82) is 0 Å². The van der Waals surface area contributed by atoms with E-state index < -0.39 is 17.7 Å². The van der Waals surface area contributed by atoms with E-state index in [4.69, 9.17) is 4.74 Å². The number of alkyl carbamates (subject to hydrolysis) is 1. The van der Waals surface area contributed by atoms with Gasteiger partial charge in [-0.1, -0.05) is 30.3 Å². The van der Waals surface area contributed by atoms with Crippen LogP contribution in [-0.2, 0) is 9.53 Å². The van der Waals surface area contributed by atoms with Crippen molar-refractivity contribution in [3.05, 3.63) is 35.9 Å². The monoisotopic (exact) mass is 292 g/mol. The molecule has 0 fully saturated rings. The van der Waals surface area contributed by atoms with Gasteiger partial charge in [0.15, 0.2) is 0 Å². The highest BCUT2D eigenvalue weighted by molar-refractivity contribution is 5.77. The fourth-order valence-corrected chi connectivity index (χ4v) is 1.74. The molecule has 1 N–H and O–H groups in total. The molecule has 5 heteroatoms. The summed E-state index contributed by atoms with van der Waals surface area (Å²) in [6.45, 7) is 5.40. The van der Waals surface area contributed by atoms with Gasteiger partial charge in [-0.2, -0.15) is 0 Å². The summed E-state index contributed by atoms with van der Waals surface area (Å²) in [5.74, 6) is -0.0556. The lowest BCUT2D eigenvalue weighted by Crippen LogP contribution is -2.37. The molecule has 0 aliphatic rings. The van der Waals surface area contributed by atoms with Crippen molar-refractivity contribution in [1.82, 2.24) is 10.2 Å². The largest absolute Gasteiger partial charge is 0.444 e. The van der Waals surface area contributed by atoms with Gasteiger partial charge in [0, 0.05) is 14.1 Å². The highest BCUT2D eigenvalue weighted by atomic mass is 16.6. The molecule has 0 radical (unpaired) electrons. The summed E-state index contributed by atoms with van der Waals surface area (Å²) in [6, 6.07) is 8.99. The highest BCUT2D eigenvalue weighted by Gasteiger charge is 2.23. The first-order valence-electron chi connectivity index (χ1n) is 6.93. The number of ether oxygens (including phenoxy) is 1. The lowest BCUT2D eigenvalue weighted by Gasteiger charge is -2.24. The van der Waals surface area contributed by atoms with Crippen LogP contribution in [0.5, 0.6) is 0 Å². The van der Waals surface area contributed by atoms with Crippen LogP contribution in [0.4, 0.5) is 4.79 Å². The van der Waals surface area contributed by atoms with Gasteiger partial charge in [0.2, 0.25) is 5.91 Å². The predicted molar refractivity (Wildman–Crippen MR) is 81.9 cm³/mol. The fourth-order valence-electron chi connectivity index (χ4n) is 1.74. The molecule has 0 aliphatic heterocycles. The average Bonchev–Trinajstić information content (AvgIpc) is 2.36. The maximum atomic E-state index is 11.9. The summed E-state index contributed by atoms with van der Waals surface area (Å²) in [5, 5.41) is 2.77. The van der Waals surface area contributed by atoms with Crippen molar-refractivity contribution in [2.45, 2.75) is 38.8 Å². The minimum atomic E-state index is -0.573. The molecule has 0 aliphatic carbocycles. The number of hydrogen-bond donors (Lipinski definition) is 1. The Morgan fingerprint density at radius 1 is 1.19 bits per heavy atom. The number of nitrogens with zero attached hydrogens (tertiary/aromatic N) is 1. The zero-order valence-corrected chi connectivity index (χ0v) is 13.3. The SMILES string of the molecule is CN(C)C(=O)CC(NC(=O)OC(C)(C)C)c1ccccc1. The molecular formula is C16H24N2O3. The fraction of sp³-hybridized carbons (Fsp3) is 0.500. The number of hydrogen-bond acceptors (Lipinski definition) is 3. The molecule has 21 heavy (non-hydrogen) atoms. The lowest BCUT2D eigenvalue weighted by molar-refractivity contribution is -0.129. The molecule has 1 unspecified atom stereocenters. The van der Waals surface area contributed by atoms with Crippen molar-refractivity contribution in [3.8, 4) is 0 Å².